The number of hydrogen-bond donors (Lipinski definition) is 3. The van der Waals surface area contributed by atoms with Gasteiger partial charge >= 0.3 is 0 Å². The number of para-hydroxylation sites is 2. The van der Waals surface area contributed by atoms with E-state index in [1.165, 1.54) is 0 Å². The molecule has 2 aromatic carbocycles. The van der Waals surface area contributed by atoms with Crippen molar-refractivity contribution < 1.29 is 9.90 Å². The highest BCUT2D eigenvalue weighted by Gasteiger charge is 2.33. The Morgan fingerprint density at radius 2 is 1.97 bits per heavy atom. The first-order valence-corrected chi connectivity index (χ1v) is 10.6. The van der Waals surface area contributed by atoms with E-state index in [0.29, 0.717) is 17.9 Å². The summed E-state index contributed by atoms with van der Waals surface area (Å²) in [6, 6.07) is 16.9. The number of carbonyl (C=O) groups is 1. The average molecular weight is 402 g/mol. The van der Waals surface area contributed by atoms with Gasteiger partial charge in [-0.3, -0.25) is 10.1 Å². The second kappa shape index (κ2) is 8.62. The Bertz CT molecular complexity index is 972. The SMILES string of the molecule is [B]C(O)(NC1CCCC(N(CC)C(=O)c2nc3ccccc3[nH]2)C1)c1ccccc1. The predicted octanol–water partition coefficient (Wildman–Crippen LogP) is 2.90. The number of imidazole rings is 1. The number of carbonyl (C=O) groups excluding carboxylic acids is 1. The molecule has 1 amide bonds. The van der Waals surface area contributed by atoms with Gasteiger partial charge in [0.2, 0.25) is 0 Å². The molecule has 1 aliphatic rings. The lowest BCUT2D eigenvalue weighted by Crippen LogP contribution is -2.53. The number of aromatic amines is 1. The van der Waals surface area contributed by atoms with Crippen molar-refractivity contribution in [1.29, 1.82) is 0 Å². The van der Waals surface area contributed by atoms with Crippen LogP contribution in [0, 0.1) is 0 Å². The highest BCUT2D eigenvalue weighted by Crippen LogP contribution is 2.27. The summed E-state index contributed by atoms with van der Waals surface area (Å²) in [5.41, 5.74) is 0.665. The zero-order valence-electron chi connectivity index (χ0n) is 17.2. The van der Waals surface area contributed by atoms with Gasteiger partial charge in [-0.25, -0.2) is 4.98 Å². The summed E-state index contributed by atoms with van der Waals surface area (Å²) >= 11 is 0. The molecule has 0 aliphatic heterocycles. The van der Waals surface area contributed by atoms with E-state index in [2.05, 4.69) is 15.3 Å². The fourth-order valence-electron chi connectivity index (χ4n) is 4.42. The first-order valence-electron chi connectivity index (χ1n) is 10.6. The molecule has 3 N–H and O–H groups in total. The normalized spacial score (nSPS) is 21.3. The zero-order valence-corrected chi connectivity index (χ0v) is 17.2. The van der Waals surface area contributed by atoms with E-state index in [9.17, 15) is 9.90 Å². The standard InChI is InChI=1S/C23H27BN4O2/c1-2-28(22(29)21-25-19-13-6-7-14-20(19)26-21)18-12-8-11-17(15-18)27-23(24,30)16-9-4-3-5-10-16/h3-7,9-10,13-14,17-18,27,30H,2,8,11-12,15H2,1H3,(H,25,26). The first kappa shape index (κ1) is 20.6. The molecule has 154 valence electrons. The molecule has 4 rings (SSSR count). The van der Waals surface area contributed by atoms with Crippen molar-refractivity contribution in [3.8, 4) is 0 Å². The Labute approximate surface area is 178 Å². The fourth-order valence-corrected chi connectivity index (χ4v) is 4.42. The average Bonchev–Trinajstić information content (AvgIpc) is 3.19. The minimum absolute atomic E-state index is 0.0106. The van der Waals surface area contributed by atoms with Gasteiger partial charge < -0.3 is 15.0 Å². The first-order chi connectivity index (χ1) is 14.5. The van der Waals surface area contributed by atoms with Crippen molar-refractivity contribution in [1.82, 2.24) is 20.2 Å². The third-order valence-corrected chi connectivity index (χ3v) is 5.92. The van der Waals surface area contributed by atoms with E-state index in [4.69, 9.17) is 7.85 Å². The molecule has 3 unspecified atom stereocenters. The van der Waals surface area contributed by atoms with Gasteiger partial charge in [-0.05, 0) is 50.3 Å². The van der Waals surface area contributed by atoms with Crippen LogP contribution in [0.15, 0.2) is 54.6 Å². The molecule has 0 spiro atoms. The number of aromatic nitrogens is 2. The largest absolute Gasteiger partial charge is 0.381 e. The van der Waals surface area contributed by atoms with E-state index < -0.39 is 5.62 Å². The zero-order chi connectivity index (χ0) is 21.1. The van der Waals surface area contributed by atoms with E-state index in [0.717, 1.165) is 36.7 Å². The van der Waals surface area contributed by atoms with Gasteiger partial charge in [-0.2, -0.15) is 0 Å². The molecule has 1 aliphatic carbocycles. The third-order valence-electron chi connectivity index (χ3n) is 5.92. The molecule has 1 aromatic heterocycles. The Morgan fingerprint density at radius 1 is 1.23 bits per heavy atom. The van der Waals surface area contributed by atoms with Crippen molar-refractivity contribution in [2.75, 3.05) is 6.54 Å². The number of nitrogens with one attached hydrogen (secondary N) is 2. The third kappa shape index (κ3) is 4.27. The Balaban J connectivity index is 1.47. The van der Waals surface area contributed by atoms with Gasteiger partial charge in [-0.15, -0.1) is 0 Å². The molecule has 7 heteroatoms. The second-order valence-electron chi connectivity index (χ2n) is 7.99. The number of hydrogen-bond acceptors (Lipinski definition) is 4. The lowest BCUT2D eigenvalue weighted by atomic mass is 9.81. The number of nitrogens with zero attached hydrogens (tertiary/aromatic N) is 2. The molecule has 3 atom stereocenters. The predicted molar refractivity (Wildman–Crippen MR) is 118 cm³/mol. The maximum atomic E-state index is 13.2. The van der Waals surface area contributed by atoms with Gasteiger partial charge in [0, 0.05) is 18.6 Å². The molecule has 1 saturated carbocycles. The Kier molecular flexibility index (Phi) is 5.93. The van der Waals surface area contributed by atoms with Crippen LogP contribution in [0.25, 0.3) is 11.0 Å². The van der Waals surface area contributed by atoms with Crippen LogP contribution in [-0.4, -0.2) is 52.4 Å². The molecule has 2 radical (unpaired) electrons. The Morgan fingerprint density at radius 3 is 2.70 bits per heavy atom. The molecular formula is C23H27BN4O2. The van der Waals surface area contributed by atoms with Gasteiger partial charge in [0.05, 0.1) is 16.7 Å². The van der Waals surface area contributed by atoms with E-state index in [1.54, 1.807) is 12.1 Å². The van der Waals surface area contributed by atoms with Gasteiger partial charge in [0.25, 0.3) is 5.91 Å². The Hall–Kier alpha value is -2.64. The summed E-state index contributed by atoms with van der Waals surface area (Å²) < 4.78 is 0. The fraction of sp³-hybridized carbons (Fsp3) is 0.391. The van der Waals surface area contributed by atoms with E-state index in [1.807, 2.05) is 54.3 Å². The number of benzene rings is 2. The number of fused-ring (bicyclic) bond motifs is 1. The minimum atomic E-state index is -1.60. The van der Waals surface area contributed by atoms with Crippen LogP contribution < -0.4 is 5.32 Å². The number of H-pyrrole nitrogens is 1. The minimum Gasteiger partial charge on any atom is -0.381 e. The summed E-state index contributed by atoms with van der Waals surface area (Å²) in [4.78, 5) is 22.7. The lowest BCUT2D eigenvalue weighted by Gasteiger charge is -2.40. The van der Waals surface area contributed by atoms with Crippen LogP contribution in [0.4, 0.5) is 0 Å². The second-order valence-corrected chi connectivity index (χ2v) is 7.99. The number of rotatable bonds is 6. The van der Waals surface area contributed by atoms with Crippen molar-refractivity contribution in [3.63, 3.8) is 0 Å². The molecule has 3 aromatic rings. The van der Waals surface area contributed by atoms with Crippen molar-refractivity contribution in [3.05, 3.63) is 66.0 Å². The summed E-state index contributed by atoms with van der Waals surface area (Å²) in [5, 5.41) is 14.0. The lowest BCUT2D eigenvalue weighted by molar-refractivity contribution is 0.0460. The topological polar surface area (TPSA) is 81.2 Å². The smallest absolute Gasteiger partial charge is 0.289 e. The van der Waals surface area contributed by atoms with Crippen LogP contribution >= 0.6 is 0 Å². The maximum absolute atomic E-state index is 13.2. The van der Waals surface area contributed by atoms with Crippen LogP contribution in [-0.2, 0) is 5.62 Å². The molecule has 30 heavy (non-hydrogen) atoms. The van der Waals surface area contributed by atoms with E-state index in [-0.39, 0.29) is 18.0 Å². The highest BCUT2D eigenvalue weighted by atomic mass is 16.3. The molecule has 1 fully saturated rings. The van der Waals surface area contributed by atoms with Gasteiger partial charge in [0.15, 0.2) is 5.82 Å². The molecule has 1 heterocycles. The van der Waals surface area contributed by atoms with Gasteiger partial charge in [-0.1, -0.05) is 42.5 Å². The van der Waals surface area contributed by atoms with Crippen molar-refractivity contribution in [2.24, 2.45) is 0 Å². The number of aliphatic hydroxyl groups is 1. The van der Waals surface area contributed by atoms with Crippen LogP contribution in [0.1, 0.15) is 48.8 Å². The van der Waals surface area contributed by atoms with Crippen LogP contribution in [0.5, 0.6) is 0 Å². The highest BCUT2D eigenvalue weighted by molar-refractivity contribution is 6.14. The summed E-state index contributed by atoms with van der Waals surface area (Å²) in [7, 11) is 6.17. The molecular weight excluding hydrogens is 375 g/mol. The quantitative estimate of drug-likeness (QED) is 0.438. The summed E-state index contributed by atoms with van der Waals surface area (Å²) in [5.74, 6) is 0.276. The molecule has 6 nitrogen and oxygen atoms in total. The summed E-state index contributed by atoms with van der Waals surface area (Å²) in [6.45, 7) is 2.58. The van der Waals surface area contributed by atoms with E-state index >= 15 is 0 Å². The molecule has 0 bridgehead atoms. The van der Waals surface area contributed by atoms with Crippen LogP contribution in [0.3, 0.4) is 0 Å². The monoisotopic (exact) mass is 402 g/mol. The summed E-state index contributed by atoms with van der Waals surface area (Å²) in [6.07, 6.45) is 3.51. The van der Waals surface area contributed by atoms with Crippen molar-refractivity contribution in [2.45, 2.75) is 50.3 Å². The van der Waals surface area contributed by atoms with Gasteiger partial charge in [0.1, 0.15) is 7.85 Å². The van der Waals surface area contributed by atoms with Crippen molar-refractivity contribution >= 4 is 24.8 Å². The molecule has 0 saturated heterocycles. The number of amides is 1. The maximum Gasteiger partial charge on any atom is 0.289 e. The van der Waals surface area contributed by atoms with Crippen LogP contribution in [0.2, 0.25) is 0 Å².